The summed E-state index contributed by atoms with van der Waals surface area (Å²) in [5, 5.41) is 8.93. The molecule has 5 atom stereocenters. The summed E-state index contributed by atoms with van der Waals surface area (Å²) in [6.45, 7) is 18.1. The molecule has 134 valence electrons. The number of rotatable bonds is 11. The first-order valence-corrected chi connectivity index (χ1v) is 8.61. The van der Waals surface area contributed by atoms with Gasteiger partial charge in [0.15, 0.2) is 0 Å². The van der Waals surface area contributed by atoms with Crippen LogP contribution in [0.15, 0.2) is 0 Å². The summed E-state index contributed by atoms with van der Waals surface area (Å²) in [5.41, 5.74) is 0.120. The van der Waals surface area contributed by atoms with Gasteiger partial charge in [-0.25, -0.2) is 0 Å². The monoisotopic (exact) mass is 318 g/mol. The van der Waals surface area contributed by atoms with Crippen LogP contribution in [0.4, 0.5) is 0 Å². The minimum absolute atomic E-state index is 0.00302. The van der Waals surface area contributed by atoms with Gasteiger partial charge in [0.2, 0.25) is 0 Å². The van der Waals surface area contributed by atoms with Crippen LogP contribution in [0, 0.1) is 11.3 Å². The van der Waals surface area contributed by atoms with Crippen LogP contribution >= 0.6 is 0 Å². The maximum atomic E-state index is 8.93. The lowest BCUT2D eigenvalue weighted by Gasteiger charge is -2.37. The van der Waals surface area contributed by atoms with Crippen molar-refractivity contribution in [3.8, 4) is 0 Å². The molecule has 0 spiro atoms. The van der Waals surface area contributed by atoms with E-state index in [-0.39, 0.29) is 36.4 Å². The molecule has 0 rings (SSSR count). The molecule has 0 heterocycles. The second kappa shape index (κ2) is 10.6. The molecule has 0 aliphatic carbocycles. The van der Waals surface area contributed by atoms with E-state index in [0.29, 0.717) is 19.1 Å². The van der Waals surface area contributed by atoms with Crippen LogP contribution in [0.2, 0.25) is 0 Å². The summed E-state index contributed by atoms with van der Waals surface area (Å²) in [4.78, 5) is 0. The van der Waals surface area contributed by atoms with Gasteiger partial charge in [-0.3, -0.25) is 0 Å². The highest BCUT2D eigenvalue weighted by Crippen LogP contribution is 2.30. The van der Waals surface area contributed by atoms with Gasteiger partial charge in [-0.1, -0.05) is 41.0 Å². The fourth-order valence-electron chi connectivity index (χ4n) is 2.40. The molecule has 0 radical (unpaired) electrons. The standard InChI is InChI=1S/C18H38O4/c1-9-13(2)17(18(6,7)8)22-16(5)12-21-15(4)11-20-14(3)10-19/h13-17,19H,9-12H2,1-8H3. The Hall–Kier alpha value is -0.160. The third-order valence-electron chi connectivity index (χ3n) is 3.88. The maximum Gasteiger partial charge on any atom is 0.0784 e. The van der Waals surface area contributed by atoms with Crippen LogP contribution in [0.3, 0.4) is 0 Å². The number of hydrogen-bond donors (Lipinski definition) is 1. The van der Waals surface area contributed by atoms with E-state index in [9.17, 15) is 0 Å². The predicted molar refractivity (Wildman–Crippen MR) is 91.2 cm³/mol. The summed E-state index contributed by atoms with van der Waals surface area (Å²) in [6, 6.07) is 0. The average molecular weight is 318 g/mol. The largest absolute Gasteiger partial charge is 0.394 e. The van der Waals surface area contributed by atoms with Crippen LogP contribution < -0.4 is 0 Å². The Balaban J connectivity index is 4.22. The molecule has 0 saturated heterocycles. The van der Waals surface area contributed by atoms with Gasteiger partial charge in [0.1, 0.15) is 0 Å². The first-order valence-electron chi connectivity index (χ1n) is 8.61. The van der Waals surface area contributed by atoms with Gasteiger partial charge in [0, 0.05) is 0 Å². The molecule has 0 aromatic rings. The van der Waals surface area contributed by atoms with E-state index in [1.54, 1.807) is 0 Å². The molecule has 22 heavy (non-hydrogen) atoms. The van der Waals surface area contributed by atoms with Crippen molar-refractivity contribution in [3.05, 3.63) is 0 Å². The second-order valence-corrected chi connectivity index (χ2v) is 7.59. The van der Waals surface area contributed by atoms with Crippen LogP contribution in [0.5, 0.6) is 0 Å². The van der Waals surface area contributed by atoms with Crippen LogP contribution in [-0.4, -0.2) is 49.3 Å². The van der Waals surface area contributed by atoms with Gasteiger partial charge >= 0.3 is 0 Å². The summed E-state index contributed by atoms with van der Waals surface area (Å²) < 4.78 is 17.5. The zero-order valence-electron chi connectivity index (χ0n) is 15.9. The van der Waals surface area contributed by atoms with Crippen molar-refractivity contribution in [1.82, 2.24) is 0 Å². The smallest absolute Gasteiger partial charge is 0.0784 e. The van der Waals surface area contributed by atoms with E-state index < -0.39 is 0 Å². The van der Waals surface area contributed by atoms with Crippen molar-refractivity contribution in [1.29, 1.82) is 0 Å². The van der Waals surface area contributed by atoms with E-state index in [2.05, 4.69) is 41.5 Å². The molecule has 0 bridgehead atoms. The molecule has 0 aliphatic heterocycles. The Morgan fingerprint density at radius 2 is 1.36 bits per heavy atom. The molecule has 5 unspecified atom stereocenters. The molecule has 0 amide bonds. The zero-order chi connectivity index (χ0) is 17.3. The molecule has 4 heteroatoms. The third-order valence-corrected chi connectivity index (χ3v) is 3.88. The molecule has 0 aliphatic rings. The fourth-order valence-corrected chi connectivity index (χ4v) is 2.40. The summed E-state index contributed by atoms with van der Waals surface area (Å²) in [7, 11) is 0. The van der Waals surface area contributed by atoms with Gasteiger partial charge in [-0.15, -0.1) is 0 Å². The second-order valence-electron chi connectivity index (χ2n) is 7.59. The highest BCUT2D eigenvalue weighted by atomic mass is 16.6. The Labute approximate surface area is 137 Å². The average Bonchev–Trinajstić information content (AvgIpc) is 2.45. The first-order chi connectivity index (χ1) is 10.1. The van der Waals surface area contributed by atoms with Crippen molar-refractivity contribution >= 4 is 0 Å². The first kappa shape index (κ1) is 21.8. The van der Waals surface area contributed by atoms with Crippen molar-refractivity contribution in [2.24, 2.45) is 11.3 Å². The fraction of sp³-hybridized carbons (Fsp3) is 1.00. The minimum Gasteiger partial charge on any atom is -0.394 e. The highest BCUT2D eigenvalue weighted by molar-refractivity contribution is 4.79. The number of hydrogen-bond acceptors (Lipinski definition) is 4. The normalized spacial score (nSPS) is 19.5. The maximum absolute atomic E-state index is 8.93. The Kier molecular flexibility index (Phi) is 10.5. The lowest BCUT2D eigenvalue weighted by atomic mass is 9.80. The van der Waals surface area contributed by atoms with Gasteiger partial charge in [-0.05, 0) is 32.1 Å². The zero-order valence-corrected chi connectivity index (χ0v) is 15.9. The molecule has 1 N–H and O–H groups in total. The topological polar surface area (TPSA) is 47.9 Å². The van der Waals surface area contributed by atoms with Crippen molar-refractivity contribution in [3.63, 3.8) is 0 Å². The SMILES string of the molecule is CCC(C)C(OC(C)COC(C)COC(C)CO)C(C)(C)C. The molecule has 0 aromatic heterocycles. The van der Waals surface area contributed by atoms with E-state index in [1.165, 1.54) is 0 Å². The van der Waals surface area contributed by atoms with Crippen molar-refractivity contribution < 1.29 is 19.3 Å². The van der Waals surface area contributed by atoms with Gasteiger partial charge in [0.05, 0.1) is 44.2 Å². The molecule has 0 aromatic carbocycles. The van der Waals surface area contributed by atoms with Crippen molar-refractivity contribution in [2.45, 2.75) is 86.2 Å². The van der Waals surface area contributed by atoms with E-state index >= 15 is 0 Å². The van der Waals surface area contributed by atoms with Gasteiger partial charge in [-0.2, -0.15) is 0 Å². The van der Waals surface area contributed by atoms with Gasteiger partial charge < -0.3 is 19.3 Å². The highest BCUT2D eigenvalue weighted by Gasteiger charge is 2.31. The van der Waals surface area contributed by atoms with Crippen LogP contribution in [-0.2, 0) is 14.2 Å². The van der Waals surface area contributed by atoms with E-state index in [4.69, 9.17) is 19.3 Å². The predicted octanol–water partition coefficient (Wildman–Crippen LogP) is 3.65. The molecular formula is C18H38O4. The van der Waals surface area contributed by atoms with Gasteiger partial charge in [0.25, 0.3) is 0 Å². The lowest BCUT2D eigenvalue weighted by Crippen LogP contribution is -2.39. The molecule has 0 fully saturated rings. The molecule has 4 nitrogen and oxygen atoms in total. The Morgan fingerprint density at radius 3 is 1.82 bits per heavy atom. The Bertz CT molecular complexity index is 275. The quantitative estimate of drug-likeness (QED) is 0.631. The summed E-state index contributed by atoms with van der Waals surface area (Å²) in [6.07, 6.45) is 1.24. The number of aliphatic hydroxyl groups excluding tert-OH is 1. The Morgan fingerprint density at radius 1 is 0.864 bits per heavy atom. The summed E-state index contributed by atoms with van der Waals surface area (Å²) in [5.74, 6) is 0.522. The third kappa shape index (κ3) is 9.09. The van der Waals surface area contributed by atoms with Crippen LogP contribution in [0.25, 0.3) is 0 Å². The van der Waals surface area contributed by atoms with E-state index in [0.717, 1.165) is 6.42 Å². The van der Waals surface area contributed by atoms with E-state index in [1.807, 2.05) is 13.8 Å². The lowest BCUT2D eigenvalue weighted by molar-refractivity contribution is -0.126. The molecular weight excluding hydrogens is 280 g/mol. The number of aliphatic hydroxyl groups is 1. The van der Waals surface area contributed by atoms with Crippen LogP contribution in [0.1, 0.15) is 61.8 Å². The number of ether oxygens (including phenoxy) is 3. The minimum atomic E-state index is -0.143. The summed E-state index contributed by atoms with van der Waals surface area (Å²) >= 11 is 0. The van der Waals surface area contributed by atoms with Crippen molar-refractivity contribution in [2.75, 3.05) is 19.8 Å². The molecule has 0 saturated carbocycles.